The van der Waals surface area contributed by atoms with Crippen LogP contribution in [0, 0.1) is 5.92 Å². The molecule has 1 N–H and O–H groups in total. The van der Waals surface area contributed by atoms with Gasteiger partial charge in [-0.1, -0.05) is 19.7 Å². The van der Waals surface area contributed by atoms with Crippen LogP contribution in [0.1, 0.15) is 26.7 Å². The predicted molar refractivity (Wildman–Crippen MR) is 89.9 cm³/mol. The lowest BCUT2D eigenvalue weighted by Gasteiger charge is -2.32. The van der Waals surface area contributed by atoms with E-state index in [0.29, 0.717) is 0 Å². The summed E-state index contributed by atoms with van der Waals surface area (Å²) < 4.78 is 16.7. The van der Waals surface area contributed by atoms with Gasteiger partial charge >= 0.3 is 11.9 Å². The number of Topliss-reactive ketones (excluding diaryl/α,β-unsaturated/α-hetero) is 1. The van der Waals surface area contributed by atoms with Crippen molar-refractivity contribution in [2.75, 3.05) is 0 Å². The Kier molecular flexibility index (Phi) is 4.40. The summed E-state index contributed by atoms with van der Waals surface area (Å²) in [5.74, 6) is -2.33. The van der Waals surface area contributed by atoms with Gasteiger partial charge < -0.3 is 19.3 Å². The Labute approximate surface area is 151 Å². The first-order chi connectivity index (χ1) is 12.0. The molecule has 2 bridgehead atoms. The zero-order valence-electron chi connectivity index (χ0n) is 14.8. The van der Waals surface area contributed by atoms with Crippen molar-refractivity contribution in [1.29, 1.82) is 0 Å². The Morgan fingerprint density at radius 1 is 1.35 bits per heavy atom. The largest absolute Gasteiger partial charge is 0.458 e. The van der Waals surface area contributed by atoms with E-state index in [1.165, 1.54) is 6.92 Å². The topological polar surface area (TPSA) is 99.1 Å². The van der Waals surface area contributed by atoms with E-state index in [2.05, 4.69) is 19.7 Å². The Hall–Kier alpha value is -2.25. The van der Waals surface area contributed by atoms with Crippen molar-refractivity contribution in [1.82, 2.24) is 0 Å². The fourth-order valence-corrected chi connectivity index (χ4v) is 3.74. The van der Waals surface area contributed by atoms with Gasteiger partial charge in [0.15, 0.2) is 5.78 Å². The minimum absolute atomic E-state index is 0.0121. The molecule has 6 unspecified atom stereocenters. The number of rotatable bonds is 2. The Bertz CT molecular complexity index is 736. The lowest BCUT2D eigenvalue weighted by atomic mass is 9.79. The smallest absolute Gasteiger partial charge is 0.334 e. The molecule has 3 rings (SSSR count). The highest BCUT2D eigenvalue weighted by Crippen LogP contribution is 2.44. The average Bonchev–Trinajstić information content (AvgIpc) is 3.02. The molecule has 0 saturated carbocycles. The summed E-state index contributed by atoms with van der Waals surface area (Å²) in [6.07, 6.45) is -3.85. The lowest BCUT2D eigenvalue weighted by molar-refractivity contribution is -0.156. The second-order valence-corrected chi connectivity index (χ2v) is 7.33. The molecular formula is C19H22O7. The van der Waals surface area contributed by atoms with Crippen molar-refractivity contribution in [3.63, 3.8) is 0 Å². The number of esters is 2. The quantitative estimate of drug-likeness (QED) is 0.445. The number of hydrogen-bond acceptors (Lipinski definition) is 7. The number of ketones is 1. The number of hydrogen-bond donors (Lipinski definition) is 1. The number of carbonyl (C=O) groups is 3. The van der Waals surface area contributed by atoms with Crippen LogP contribution in [-0.4, -0.2) is 52.8 Å². The molecule has 26 heavy (non-hydrogen) atoms. The fraction of sp³-hybridized carbons (Fsp3) is 0.526. The van der Waals surface area contributed by atoms with Gasteiger partial charge in [-0.25, -0.2) is 9.59 Å². The van der Waals surface area contributed by atoms with E-state index in [-0.39, 0.29) is 35.3 Å². The number of aliphatic hydroxyl groups is 1. The zero-order chi connectivity index (χ0) is 19.4. The highest BCUT2D eigenvalue weighted by Gasteiger charge is 2.57. The molecule has 0 aromatic heterocycles. The van der Waals surface area contributed by atoms with Crippen molar-refractivity contribution in [3.8, 4) is 0 Å². The monoisotopic (exact) mass is 362 g/mol. The summed E-state index contributed by atoms with van der Waals surface area (Å²) in [5.41, 5.74) is -0.723. The molecule has 3 saturated heterocycles. The normalized spacial score (nSPS) is 39.6. The summed E-state index contributed by atoms with van der Waals surface area (Å²) in [5, 5.41) is 10.7. The average molecular weight is 362 g/mol. The lowest BCUT2D eigenvalue weighted by Crippen LogP contribution is -2.45. The molecule has 3 fully saturated rings. The predicted octanol–water partition coefficient (Wildman–Crippen LogP) is 1.01. The van der Waals surface area contributed by atoms with Crippen LogP contribution in [0.25, 0.3) is 0 Å². The van der Waals surface area contributed by atoms with Crippen molar-refractivity contribution >= 4 is 17.7 Å². The van der Waals surface area contributed by atoms with Gasteiger partial charge in [0.25, 0.3) is 0 Å². The molecule has 0 aromatic carbocycles. The SMILES string of the molecule is C=C(C)C(=O)OC1CC2(C)OC(CC2=O)C(=C)C(O)C2OC(=O)C(=C)C12. The Balaban J connectivity index is 2.06. The highest BCUT2D eigenvalue weighted by atomic mass is 16.6. The van der Waals surface area contributed by atoms with Crippen LogP contribution in [0.5, 0.6) is 0 Å². The number of ether oxygens (including phenoxy) is 3. The maximum absolute atomic E-state index is 12.5. The van der Waals surface area contributed by atoms with E-state index in [9.17, 15) is 19.5 Å². The molecule has 140 valence electrons. The third-order valence-corrected chi connectivity index (χ3v) is 5.33. The van der Waals surface area contributed by atoms with Gasteiger partial charge in [0.05, 0.1) is 12.0 Å². The first kappa shape index (κ1) is 18.5. The maximum Gasteiger partial charge on any atom is 0.334 e. The van der Waals surface area contributed by atoms with Gasteiger partial charge in [-0.3, -0.25) is 4.79 Å². The molecule has 0 aromatic rings. The third kappa shape index (κ3) is 2.81. The minimum Gasteiger partial charge on any atom is -0.458 e. The van der Waals surface area contributed by atoms with Gasteiger partial charge in [0.1, 0.15) is 23.9 Å². The van der Waals surface area contributed by atoms with Crippen LogP contribution < -0.4 is 0 Å². The fourth-order valence-electron chi connectivity index (χ4n) is 3.74. The van der Waals surface area contributed by atoms with E-state index in [1.807, 2.05) is 0 Å². The molecule has 7 nitrogen and oxygen atoms in total. The second kappa shape index (κ2) is 6.17. The van der Waals surface area contributed by atoms with E-state index in [1.54, 1.807) is 6.92 Å². The molecule has 0 aliphatic carbocycles. The molecule has 6 atom stereocenters. The maximum atomic E-state index is 12.5. The molecule has 0 radical (unpaired) electrons. The summed E-state index contributed by atoms with van der Waals surface area (Å²) in [7, 11) is 0. The van der Waals surface area contributed by atoms with Crippen molar-refractivity contribution in [2.24, 2.45) is 5.92 Å². The van der Waals surface area contributed by atoms with Crippen molar-refractivity contribution in [2.45, 2.75) is 56.7 Å². The number of fused-ring (bicyclic) bond motifs is 3. The van der Waals surface area contributed by atoms with Crippen LogP contribution in [0.4, 0.5) is 0 Å². The third-order valence-electron chi connectivity index (χ3n) is 5.33. The molecule has 3 heterocycles. The van der Waals surface area contributed by atoms with E-state index in [4.69, 9.17) is 14.2 Å². The minimum atomic E-state index is -1.27. The van der Waals surface area contributed by atoms with Gasteiger partial charge in [-0.15, -0.1) is 0 Å². The Morgan fingerprint density at radius 2 is 2.00 bits per heavy atom. The highest BCUT2D eigenvalue weighted by molar-refractivity contribution is 5.93. The van der Waals surface area contributed by atoms with Crippen LogP contribution in [-0.2, 0) is 28.6 Å². The van der Waals surface area contributed by atoms with Gasteiger partial charge in [0, 0.05) is 24.0 Å². The molecule has 0 spiro atoms. The molecular weight excluding hydrogens is 340 g/mol. The first-order valence-corrected chi connectivity index (χ1v) is 8.39. The summed E-state index contributed by atoms with van der Waals surface area (Å²) >= 11 is 0. The molecule has 0 amide bonds. The Morgan fingerprint density at radius 3 is 2.62 bits per heavy atom. The van der Waals surface area contributed by atoms with Crippen molar-refractivity contribution < 1.29 is 33.7 Å². The molecule has 3 aliphatic rings. The summed E-state index contributed by atoms with van der Waals surface area (Å²) in [6.45, 7) is 14.2. The van der Waals surface area contributed by atoms with Crippen molar-refractivity contribution in [3.05, 3.63) is 36.5 Å². The van der Waals surface area contributed by atoms with Crippen LogP contribution in [0.2, 0.25) is 0 Å². The van der Waals surface area contributed by atoms with Gasteiger partial charge in [0.2, 0.25) is 0 Å². The van der Waals surface area contributed by atoms with Crippen LogP contribution >= 0.6 is 0 Å². The zero-order valence-corrected chi connectivity index (χ0v) is 14.8. The summed E-state index contributed by atoms with van der Waals surface area (Å²) in [6, 6.07) is 0. The van der Waals surface area contributed by atoms with E-state index < -0.39 is 47.9 Å². The van der Waals surface area contributed by atoms with Gasteiger partial charge in [-0.2, -0.15) is 0 Å². The first-order valence-electron chi connectivity index (χ1n) is 8.39. The molecule has 3 aliphatic heterocycles. The molecule has 7 heteroatoms. The number of carbonyl (C=O) groups excluding carboxylic acids is 3. The standard InChI is InChI=1S/C19H22O7/c1-8(2)17(22)24-12-7-19(5)13(20)6-11(26-19)9(3)15(21)16-14(12)10(4)18(23)25-16/h11-12,14-16,21H,1,3-4,6-7H2,2,5H3. The van der Waals surface area contributed by atoms with E-state index >= 15 is 0 Å². The van der Waals surface area contributed by atoms with Crippen LogP contribution in [0.3, 0.4) is 0 Å². The summed E-state index contributed by atoms with van der Waals surface area (Å²) in [4.78, 5) is 36.7. The number of aliphatic hydroxyl groups excluding tert-OH is 1. The second-order valence-electron chi connectivity index (χ2n) is 7.33. The van der Waals surface area contributed by atoms with E-state index in [0.717, 1.165) is 0 Å². The van der Waals surface area contributed by atoms with Crippen LogP contribution in [0.15, 0.2) is 36.5 Å². The van der Waals surface area contributed by atoms with Gasteiger partial charge in [-0.05, 0) is 19.4 Å².